The van der Waals surface area contributed by atoms with E-state index in [9.17, 15) is 0 Å². The van der Waals surface area contributed by atoms with Crippen LogP contribution < -0.4 is 0 Å². The first kappa shape index (κ1) is 86.3. The first-order chi connectivity index (χ1) is 74.3. The Balaban J connectivity index is 0.000000105. The largest absolute Gasteiger partial charge is 0.456 e. The lowest BCUT2D eigenvalue weighted by Gasteiger charge is -2.13. The zero-order chi connectivity index (χ0) is 98.5. The Kier molecular flexibility index (Phi) is 20.3. The molecule has 8 aromatic heterocycles. The fourth-order valence-corrected chi connectivity index (χ4v) is 25.5. The van der Waals surface area contributed by atoms with E-state index in [1.807, 2.05) is 114 Å². The van der Waals surface area contributed by atoms with Gasteiger partial charge < -0.3 is 13.6 Å². The molecule has 12 heteroatoms. The van der Waals surface area contributed by atoms with Crippen molar-refractivity contribution in [1.82, 2.24) is 43.6 Å². The lowest BCUT2D eigenvalue weighted by molar-refractivity contribution is 0.669. The van der Waals surface area contributed by atoms with Crippen molar-refractivity contribution in [3.05, 3.63) is 497 Å². The Morgan fingerprint density at radius 2 is 0.547 bits per heavy atom. The topological polar surface area (TPSA) is 105 Å². The van der Waals surface area contributed by atoms with Crippen LogP contribution in [0.1, 0.15) is 18.7 Å². The van der Waals surface area contributed by atoms with E-state index in [1.54, 1.807) is 0 Å². The van der Waals surface area contributed by atoms with E-state index in [4.69, 9.17) is 34.3 Å². The molecule has 31 aromatic rings. The van der Waals surface area contributed by atoms with Crippen molar-refractivity contribution in [2.75, 3.05) is 0 Å². The number of benzene rings is 23. The molecule has 32 rings (SSSR count). The third kappa shape index (κ3) is 14.5. The third-order valence-corrected chi connectivity index (χ3v) is 32.5. The average Bonchev–Trinajstić information content (AvgIpc) is 1.50. The molecule has 0 N–H and O–H groups in total. The molecule has 0 spiro atoms. The van der Waals surface area contributed by atoms with Gasteiger partial charge in [0.2, 0.25) is 5.95 Å². The van der Waals surface area contributed by atoms with Crippen molar-refractivity contribution in [1.29, 1.82) is 0 Å². The summed E-state index contributed by atoms with van der Waals surface area (Å²) in [4.78, 5) is 30.2. The van der Waals surface area contributed by atoms with Crippen LogP contribution in [-0.4, -0.2) is 43.6 Å². The maximum Gasteiger partial charge on any atom is 0.238 e. The highest BCUT2D eigenvalue weighted by Crippen LogP contribution is 2.49. The van der Waals surface area contributed by atoms with Crippen LogP contribution in [0.15, 0.2) is 496 Å². The molecule has 0 atom stereocenters. The molecule has 0 saturated heterocycles. The molecule has 150 heavy (non-hydrogen) atoms. The molecule has 23 aromatic carbocycles. The van der Waals surface area contributed by atoms with Gasteiger partial charge in [-0.2, -0.15) is 9.97 Å². The highest BCUT2D eigenvalue weighted by atomic mass is 32.1. The highest BCUT2D eigenvalue weighted by Gasteiger charge is 2.26. The van der Waals surface area contributed by atoms with Gasteiger partial charge in [-0.1, -0.05) is 340 Å². The minimum atomic E-state index is 0.592. The molecule has 0 amide bonds. The standard InChI is InChI=1S/C53H34N4O.C47H28N4S.C38H23NS/c1-3-14-33(15-4-1)51-54-52(34-16-5-2-6-17-34)56-53(55-51)36-18-13-19-38(28-36)57-47-24-11-9-22-41(47)45-29-35(26-27-48(45)57)43-30-37-31-46-42-23-10-12-25-49(42)58-50(46)32-44(37)40-21-8-7-20-39(40)43;1-3-13-29(14-4-1)45-48-46(30-15-5-2-6-16-30)50-47(49-45)51-41-21-11-9-19-35(41)39-25-31(23-24-42(39)51)37-26-32-27-40-36-20-10-12-22-43(36)52-44(40)28-38(32)34-18-8-7-17-33(34)37;1-2-10-26(11-3-1)39-35-16-8-6-14-29(35)33-20-24(18-19-36(33)39)31-21-25-22-34-30-15-7-9-17-37(30)40-38(34)23-32(25)28-13-5-4-12-27(28)31/h1,3-5,7-32H,2,6H2;1-28H;1-23H. The Hall–Kier alpha value is -19.2. The van der Waals surface area contributed by atoms with E-state index in [1.165, 1.54) is 177 Å². The summed E-state index contributed by atoms with van der Waals surface area (Å²) < 4.78 is 18.6. The predicted octanol–water partition coefficient (Wildman–Crippen LogP) is 37.7. The maximum absolute atomic E-state index is 6.32. The third-order valence-electron chi connectivity index (χ3n) is 30.2. The van der Waals surface area contributed by atoms with E-state index in [2.05, 4.69) is 414 Å². The van der Waals surface area contributed by atoms with Gasteiger partial charge in [-0.25, -0.2) is 19.9 Å². The van der Waals surface area contributed by atoms with Crippen LogP contribution in [0, 0.1) is 0 Å². The lowest BCUT2D eigenvalue weighted by Crippen LogP contribution is -2.06. The zero-order valence-electron chi connectivity index (χ0n) is 80.9. The van der Waals surface area contributed by atoms with Crippen LogP contribution in [0.25, 0.3) is 294 Å². The number of para-hydroxylation sites is 5. The molecule has 8 heterocycles. The molecule has 1 aliphatic rings. The van der Waals surface area contributed by atoms with Gasteiger partial charge in [0.1, 0.15) is 11.2 Å². The van der Waals surface area contributed by atoms with Crippen LogP contribution in [0.4, 0.5) is 0 Å². The average molecular weight is 1950 g/mol. The van der Waals surface area contributed by atoms with Crippen molar-refractivity contribution < 1.29 is 4.42 Å². The number of nitrogens with zero attached hydrogens (tertiary/aromatic N) is 9. The summed E-state index contributed by atoms with van der Waals surface area (Å²) >= 11 is 3.76. The second-order valence-corrected chi connectivity index (χ2v) is 41.0. The summed E-state index contributed by atoms with van der Waals surface area (Å²) in [6.45, 7) is 0. The zero-order valence-corrected chi connectivity index (χ0v) is 82.6. The molecule has 1 aliphatic carbocycles. The number of thiophene rings is 2. The molecule has 0 aliphatic heterocycles. The smallest absolute Gasteiger partial charge is 0.238 e. The summed E-state index contributed by atoms with van der Waals surface area (Å²) in [7, 11) is 0. The van der Waals surface area contributed by atoms with Crippen LogP contribution in [0.5, 0.6) is 0 Å². The number of fused-ring (bicyclic) bond motifs is 27. The normalized spacial score (nSPS) is 12.4. The van der Waals surface area contributed by atoms with Gasteiger partial charge in [0.25, 0.3) is 0 Å². The first-order valence-electron chi connectivity index (χ1n) is 51.0. The Labute approximate surface area is 868 Å². The molecule has 0 saturated carbocycles. The van der Waals surface area contributed by atoms with Crippen LogP contribution in [-0.2, 0) is 0 Å². The number of rotatable bonds is 11. The maximum atomic E-state index is 6.32. The SMILES string of the molecule is C1=CC(c2nc(-c3ccccc3)nc(-c3cccc(-n4c5ccccc5c5cc(-c6cc7cc8c(cc7c7ccccc67)oc6ccccc68)ccc54)c3)n2)=CCC1.c1ccc(-c2nc(-c3ccccc3)nc(-n3c4ccccc4c4cc(-c5cc6cc7c(cc6c6ccccc56)sc5ccccc57)ccc43)n2)cc1.c1ccc(-n2c3ccccc3c3cc(-c4cc5cc6c(cc5c5ccccc45)sc4ccccc46)ccc32)cc1. The summed E-state index contributed by atoms with van der Waals surface area (Å²) in [6, 6.07) is 170. The second kappa shape index (κ2) is 35.3. The van der Waals surface area contributed by atoms with E-state index in [0.29, 0.717) is 35.1 Å². The van der Waals surface area contributed by atoms with E-state index in [-0.39, 0.29) is 0 Å². The number of aromatic nitrogens is 9. The number of hydrogen-bond donors (Lipinski definition) is 0. The molecule has 0 unspecified atom stereocenters. The van der Waals surface area contributed by atoms with E-state index >= 15 is 0 Å². The Morgan fingerprint density at radius 1 is 0.193 bits per heavy atom. The number of furan rings is 1. The number of allylic oxidation sites excluding steroid dienone is 4. The fraction of sp³-hybridized carbons (Fsp3) is 0.0145. The van der Waals surface area contributed by atoms with Crippen molar-refractivity contribution in [2.45, 2.75) is 12.8 Å². The monoisotopic (exact) mass is 1950 g/mol. The molecule has 0 fully saturated rings. The van der Waals surface area contributed by atoms with Crippen molar-refractivity contribution >= 4 is 221 Å². The van der Waals surface area contributed by atoms with Crippen molar-refractivity contribution in [2.24, 2.45) is 0 Å². The first-order valence-corrected chi connectivity index (χ1v) is 52.6. The molecule has 0 bridgehead atoms. The van der Waals surface area contributed by atoms with Crippen molar-refractivity contribution in [3.63, 3.8) is 0 Å². The van der Waals surface area contributed by atoms with E-state index < -0.39 is 0 Å². The molecular formula is C138H85N9OS2. The second-order valence-electron chi connectivity index (χ2n) is 38.9. The van der Waals surface area contributed by atoms with Gasteiger partial charge >= 0.3 is 0 Å². The van der Waals surface area contributed by atoms with Gasteiger partial charge in [-0.15, -0.1) is 22.7 Å². The molecular weight excluding hydrogens is 1860 g/mol. The van der Waals surface area contributed by atoms with Gasteiger partial charge in [0.15, 0.2) is 29.1 Å². The van der Waals surface area contributed by atoms with Gasteiger partial charge in [-0.05, 0) is 263 Å². The van der Waals surface area contributed by atoms with Crippen LogP contribution in [0.3, 0.4) is 0 Å². The number of hydrogen-bond acceptors (Lipinski definition) is 9. The molecule has 0 radical (unpaired) electrons. The summed E-state index contributed by atoms with van der Waals surface area (Å²) in [5.41, 5.74) is 23.0. The van der Waals surface area contributed by atoms with Crippen molar-refractivity contribution in [3.8, 4) is 96.3 Å². The highest BCUT2D eigenvalue weighted by molar-refractivity contribution is 7.26. The Morgan fingerprint density at radius 3 is 1.02 bits per heavy atom. The summed E-state index contributed by atoms with van der Waals surface area (Å²) in [5.74, 6) is 3.88. The van der Waals surface area contributed by atoms with Gasteiger partial charge in [-0.3, -0.25) is 4.57 Å². The van der Waals surface area contributed by atoms with Gasteiger partial charge in [0.05, 0.1) is 33.1 Å². The van der Waals surface area contributed by atoms with E-state index in [0.717, 1.165) is 101 Å². The minimum absolute atomic E-state index is 0.592. The molecule has 700 valence electrons. The Bertz CT molecular complexity index is 11000. The summed E-state index contributed by atoms with van der Waals surface area (Å²) in [6.07, 6.45) is 8.54. The van der Waals surface area contributed by atoms with Crippen LogP contribution >= 0.6 is 22.7 Å². The fourth-order valence-electron chi connectivity index (χ4n) is 23.3. The molecule has 10 nitrogen and oxygen atoms in total. The van der Waals surface area contributed by atoms with Crippen LogP contribution in [0.2, 0.25) is 0 Å². The summed E-state index contributed by atoms with van der Waals surface area (Å²) in [5, 5.41) is 29.9. The lowest BCUT2D eigenvalue weighted by atomic mass is 9.92. The predicted molar refractivity (Wildman–Crippen MR) is 632 cm³/mol. The minimum Gasteiger partial charge on any atom is -0.456 e. The van der Waals surface area contributed by atoms with Gasteiger partial charge in [0, 0.05) is 123 Å². The quantitative estimate of drug-likeness (QED) is 0.119.